The molecule has 1 atom stereocenters. The molecule has 0 heterocycles. The summed E-state index contributed by atoms with van der Waals surface area (Å²) in [6.45, 7) is 4.37. The summed E-state index contributed by atoms with van der Waals surface area (Å²) in [5.41, 5.74) is 1.32. The lowest BCUT2D eigenvalue weighted by molar-refractivity contribution is -0.120. The van der Waals surface area contributed by atoms with E-state index in [0.717, 1.165) is 36.3 Å². The molecule has 1 saturated carbocycles. The van der Waals surface area contributed by atoms with Crippen molar-refractivity contribution in [1.29, 1.82) is 0 Å². The molecule has 2 N–H and O–H groups in total. The number of carbonyl (C=O) groups excluding carboxylic acids is 1. The van der Waals surface area contributed by atoms with E-state index >= 15 is 0 Å². The number of amides is 1. The Balaban J connectivity index is 1.67. The van der Waals surface area contributed by atoms with Gasteiger partial charge in [-0.25, -0.2) is 0 Å². The highest BCUT2D eigenvalue weighted by Crippen LogP contribution is 2.27. The van der Waals surface area contributed by atoms with Crippen LogP contribution >= 0.6 is 15.9 Å². The lowest BCUT2D eigenvalue weighted by atomic mass is 9.97. The Bertz CT molecular complexity index is 460. The molecule has 1 aliphatic carbocycles. The third-order valence-corrected chi connectivity index (χ3v) is 4.49. The average molecular weight is 353 g/mol. The molecule has 0 aromatic heterocycles. The predicted molar refractivity (Wildman–Crippen MR) is 90.2 cm³/mol. The molecule has 1 fully saturated rings. The smallest absolute Gasteiger partial charge is 0.233 e. The summed E-state index contributed by atoms with van der Waals surface area (Å²) >= 11 is 3.50. The lowest BCUT2D eigenvalue weighted by Gasteiger charge is -2.16. The molecule has 116 valence electrons. The average Bonchev–Trinajstić information content (AvgIpc) is 3.27. The Hall–Kier alpha value is -0.870. The van der Waals surface area contributed by atoms with E-state index in [4.69, 9.17) is 0 Å². The highest BCUT2D eigenvalue weighted by molar-refractivity contribution is 9.10. The van der Waals surface area contributed by atoms with Crippen LogP contribution < -0.4 is 10.6 Å². The van der Waals surface area contributed by atoms with Crippen LogP contribution in [0.4, 0.5) is 0 Å². The molecule has 4 heteroatoms. The summed E-state index contributed by atoms with van der Waals surface area (Å²) < 4.78 is 1.11. The molecule has 1 aromatic carbocycles. The third kappa shape index (κ3) is 6.62. The first kappa shape index (κ1) is 16.5. The van der Waals surface area contributed by atoms with Crippen LogP contribution in [0.25, 0.3) is 0 Å². The van der Waals surface area contributed by atoms with Crippen LogP contribution in [-0.4, -0.2) is 25.5 Å². The van der Waals surface area contributed by atoms with Crippen LogP contribution in [-0.2, 0) is 11.2 Å². The normalized spacial score (nSPS) is 15.7. The van der Waals surface area contributed by atoms with Crippen molar-refractivity contribution in [1.82, 2.24) is 10.6 Å². The zero-order valence-electron chi connectivity index (χ0n) is 12.7. The molecular weight excluding hydrogens is 328 g/mol. The quantitative estimate of drug-likeness (QED) is 0.716. The molecule has 2 rings (SSSR count). The molecule has 0 bridgehead atoms. The maximum atomic E-state index is 11.8. The van der Waals surface area contributed by atoms with Crippen molar-refractivity contribution < 1.29 is 4.79 Å². The number of nitrogens with one attached hydrogen (secondary N) is 2. The number of halogens is 1. The van der Waals surface area contributed by atoms with Gasteiger partial charge in [0.1, 0.15) is 0 Å². The topological polar surface area (TPSA) is 41.1 Å². The summed E-state index contributed by atoms with van der Waals surface area (Å²) in [5, 5.41) is 6.28. The number of hydrogen-bond acceptors (Lipinski definition) is 2. The van der Waals surface area contributed by atoms with E-state index in [2.05, 4.69) is 51.7 Å². The highest BCUT2D eigenvalue weighted by Gasteiger charge is 2.20. The Labute approximate surface area is 136 Å². The van der Waals surface area contributed by atoms with Gasteiger partial charge in [-0.05, 0) is 55.3 Å². The van der Waals surface area contributed by atoms with Gasteiger partial charge in [0, 0.05) is 11.0 Å². The Morgan fingerprint density at radius 3 is 2.90 bits per heavy atom. The molecule has 0 radical (unpaired) electrons. The zero-order chi connectivity index (χ0) is 15.1. The largest absolute Gasteiger partial charge is 0.355 e. The zero-order valence-corrected chi connectivity index (χ0v) is 14.3. The molecule has 21 heavy (non-hydrogen) atoms. The van der Waals surface area contributed by atoms with Gasteiger partial charge < -0.3 is 10.6 Å². The number of rotatable bonds is 9. The molecule has 1 aromatic rings. The fourth-order valence-electron chi connectivity index (χ4n) is 2.39. The van der Waals surface area contributed by atoms with Crippen molar-refractivity contribution in [3.8, 4) is 0 Å². The van der Waals surface area contributed by atoms with Crippen molar-refractivity contribution in [2.24, 2.45) is 11.8 Å². The maximum Gasteiger partial charge on any atom is 0.233 e. The Morgan fingerprint density at radius 1 is 1.43 bits per heavy atom. The summed E-state index contributed by atoms with van der Waals surface area (Å²) in [5.74, 6) is 1.42. The standard InChI is InChI=1S/C17H25BrN2O/c1-2-13(8-15-4-3-5-16(18)9-15)11-20-17(21)12-19-10-14-6-7-14/h3-5,9,13-14,19H,2,6-8,10-12H2,1H3,(H,20,21). The number of benzene rings is 1. The predicted octanol–water partition coefficient (Wildman–Crippen LogP) is 3.13. The lowest BCUT2D eigenvalue weighted by Crippen LogP contribution is -2.37. The summed E-state index contributed by atoms with van der Waals surface area (Å²) in [7, 11) is 0. The molecule has 0 aliphatic heterocycles. The van der Waals surface area contributed by atoms with E-state index in [9.17, 15) is 4.79 Å². The molecule has 0 spiro atoms. The van der Waals surface area contributed by atoms with E-state index in [1.165, 1.54) is 18.4 Å². The summed E-state index contributed by atoms with van der Waals surface area (Å²) in [6.07, 6.45) is 4.71. The molecule has 1 aliphatic rings. The van der Waals surface area contributed by atoms with Gasteiger partial charge in [-0.3, -0.25) is 4.79 Å². The number of carbonyl (C=O) groups is 1. The van der Waals surface area contributed by atoms with Crippen LogP contribution in [0.15, 0.2) is 28.7 Å². The van der Waals surface area contributed by atoms with Gasteiger partial charge in [-0.1, -0.05) is 41.4 Å². The van der Waals surface area contributed by atoms with Crippen LogP contribution in [0.3, 0.4) is 0 Å². The fourth-order valence-corrected chi connectivity index (χ4v) is 2.84. The van der Waals surface area contributed by atoms with E-state index in [1.54, 1.807) is 0 Å². The van der Waals surface area contributed by atoms with Crippen molar-refractivity contribution in [2.75, 3.05) is 19.6 Å². The van der Waals surface area contributed by atoms with Gasteiger partial charge in [0.25, 0.3) is 0 Å². The van der Waals surface area contributed by atoms with Gasteiger partial charge in [-0.15, -0.1) is 0 Å². The van der Waals surface area contributed by atoms with Gasteiger partial charge in [-0.2, -0.15) is 0 Å². The summed E-state index contributed by atoms with van der Waals surface area (Å²) in [6, 6.07) is 8.40. The van der Waals surface area contributed by atoms with E-state index < -0.39 is 0 Å². The van der Waals surface area contributed by atoms with Gasteiger partial charge >= 0.3 is 0 Å². The van der Waals surface area contributed by atoms with Crippen LogP contribution in [0.2, 0.25) is 0 Å². The van der Waals surface area contributed by atoms with Gasteiger partial charge in [0.15, 0.2) is 0 Å². The second-order valence-corrected chi connectivity index (χ2v) is 6.90. The second-order valence-electron chi connectivity index (χ2n) is 5.99. The van der Waals surface area contributed by atoms with Crippen molar-refractivity contribution in [2.45, 2.75) is 32.6 Å². The first-order valence-electron chi connectivity index (χ1n) is 7.89. The SMILES string of the molecule is CCC(CNC(=O)CNCC1CC1)Cc1cccc(Br)c1. The monoisotopic (exact) mass is 352 g/mol. The van der Waals surface area contributed by atoms with Crippen LogP contribution in [0.5, 0.6) is 0 Å². The minimum atomic E-state index is 0.114. The van der Waals surface area contributed by atoms with Crippen molar-refractivity contribution in [3.63, 3.8) is 0 Å². The van der Waals surface area contributed by atoms with E-state index in [1.807, 2.05) is 6.07 Å². The summed E-state index contributed by atoms with van der Waals surface area (Å²) in [4.78, 5) is 11.8. The van der Waals surface area contributed by atoms with Crippen molar-refractivity contribution in [3.05, 3.63) is 34.3 Å². The van der Waals surface area contributed by atoms with Gasteiger partial charge in [0.2, 0.25) is 5.91 Å². The maximum absolute atomic E-state index is 11.8. The van der Waals surface area contributed by atoms with Crippen molar-refractivity contribution >= 4 is 21.8 Å². The van der Waals surface area contributed by atoms with Gasteiger partial charge in [0.05, 0.1) is 6.54 Å². The minimum absolute atomic E-state index is 0.114. The highest BCUT2D eigenvalue weighted by atomic mass is 79.9. The molecule has 1 unspecified atom stereocenters. The van der Waals surface area contributed by atoms with E-state index in [-0.39, 0.29) is 5.91 Å². The van der Waals surface area contributed by atoms with E-state index in [0.29, 0.717) is 12.5 Å². The Morgan fingerprint density at radius 2 is 2.24 bits per heavy atom. The third-order valence-electron chi connectivity index (χ3n) is 3.99. The van der Waals surface area contributed by atoms with Crippen LogP contribution in [0, 0.1) is 11.8 Å². The molecular formula is C17H25BrN2O. The fraction of sp³-hybridized carbons (Fsp3) is 0.588. The second kappa shape index (κ2) is 8.54. The number of hydrogen-bond donors (Lipinski definition) is 2. The molecule has 1 amide bonds. The minimum Gasteiger partial charge on any atom is -0.355 e. The first-order valence-corrected chi connectivity index (χ1v) is 8.68. The molecule has 0 saturated heterocycles. The molecule has 3 nitrogen and oxygen atoms in total. The Kier molecular flexibility index (Phi) is 6.71. The first-order chi connectivity index (χ1) is 10.2. The van der Waals surface area contributed by atoms with Crippen LogP contribution in [0.1, 0.15) is 31.7 Å².